The fraction of sp³-hybridized carbons (Fsp3) is 0.120. The number of halogens is 3. The lowest BCUT2D eigenvalue weighted by Crippen LogP contribution is -2.26. The lowest BCUT2D eigenvalue weighted by Gasteiger charge is -2.20. The molecule has 0 radical (unpaired) electrons. The van der Waals surface area contributed by atoms with Crippen LogP contribution in [0.5, 0.6) is 0 Å². The topological polar surface area (TPSA) is 71.0 Å². The van der Waals surface area contributed by atoms with E-state index >= 15 is 0 Å². The molecule has 0 aliphatic heterocycles. The minimum absolute atomic E-state index is 0.0556. The number of hydrogen-bond acceptors (Lipinski definition) is 5. The molecule has 0 bridgehead atoms. The Morgan fingerprint density at radius 3 is 2.56 bits per heavy atom. The van der Waals surface area contributed by atoms with Crippen molar-refractivity contribution >= 4 is 23.2 Å². The van der Waals surface area contributed by atoms with E-state index in [2.05, 4.69) is 20.3 Å². The van der Waals surface area contributed by atoms with Gasteiger partial charge in [0.1, 0.15) is 0 Å². The Kier molecular flexibility index (Phi) is 6.27. The van der Waals surface area contributed by atoms with Gasteiger partial charge in [-0.15, -0.1) is 0 Å². The summed E-state index contributed by atoms with van der Waals surface area (Å²) in [5, 5.41) is 3.16. The van der Waals surface area contributed by atoms with Crippen molar-refractivity contribution in [3.8, 4) is 11.3 Å². The summed E-state index contributed by atoms with van der Waals surface area (Å²) >= 11 is 0. The number of carbonyl (C=O) groups is 1. The molecule has 0 fully saturated rings. The van der Waals surface area contributed by atoms with Crippen LogP contribution in [0, 0.1) is 6.92 Å². The van der Waals surface area contributed by atoms with E-state index in [1.54, 1.807) is 42.9 Å². The van der Waals surface area contributed by atoms with E-state index in [1.165, 1.54) is 24.1 Å². The maximum atomic E-state index is 13.0. The van der Waals surface area contributed by atoms with Gasteiger partial charge in [-0.05, 0) is 61.0 Å². The highest BCUT2D eigenvalue weighted by atomic mass is 19.4. The minimum atomic E-state index is -4.53. The molecule has 172 valence electrons. The zero-order valence-electron chi connectivity index (χ0n) is 18.3. The zero-order chi connectivity index (χ0) is 24.3. The summed E-state index contributed by atoms with van der Waals surface area (Å²) in [6.07, 6.45) is 0.475. The molecule has 0 spiro atoms. The van der Waals surface area contributed by atoms with Crippen molar-refractivity contribution in [2.24, 2.45) is 0 Å². The van der Waals surface area contributed by atoms with Crippen LogP contribution in [0.2, 0.25) is 0 Å². The lowest BCUT2D eigenvalue weighted by molar-refractivity contribution is -0.137. The molecular weight excluding hydrogens is 443 g/mol. The average molecular weight is 463 g/mol. The average Bonchev–Trinajstić information content (AvgIpc) is 2.85. The van der Waals surface area contributed by atoms with Gasteiger partial charge in [0.25, 0.3) is 5.91 Å². The van der Waals surface area contributed by atoms with E-state index in [0.717, 1.165) is 23.3 Å². The van der Waals surface area contributed by atoms with Gasteiger partial charge in [0, 0.05) is 48.1 Å². The molecule has 0 saturated carbocycles. The Morgan fingerprint density at radius 1 is 1.00 bits per heavy atom. The van der Waals surface area contributed by atoms with Crippen LogP contribution in [0.3, 0.4) is 0 Å². The molecule has 0 aliphatic rings. The molecule has 2 heterocycles. The molecular formula is C25H20F3N5O. The fourth-order valence-corrected chi connectivity index (χ4v) is 3.31. The third kappa shape index (κ3) is 5.03. The second-order valence-electron chi connectivity index (χ2n) is 7.57. The standard InChI is InChI=1S/C25H20F3N5O/c1-16-8-9-20(33(2)23(34)17-5-3-7-19(13-17)25(26,27)28)14-22(16)32-24-30-12-10-21(31-24)18-6-4-11-29-15-18/h3-15H,1-2H3,(H,30,31,32). The molecule has 0 unspecified atom stereocenters. The number of carbonyl (C=O) groups excluding carboxylic acids is 1. The van der Waals surface area contributed by atoms with E-state index in [-0.39, 0.29) is 5.56 Å². The lowest BCUT2D eigenvalue weighted by atomic mass is 10.1. The molecule has 4 aromatic rings. The van der Waals surface area contributed by atoms with Crippen molar-refractivity contribution in [3.05, 3.63) is 95.9 Å². The first-order chi connectivity index (χ1) is 16.2. The highest BCUT2D eigenvalue weighted by molar-refractivity contribution is 6.06. The number of aromatic nitrogens is 3. The number of hydrogen-bond donors (Lipinski definition) is 1. The van der Waals surface area contributed by atoms with Gasteiger partial charge in [-0.3, -0.25) is 9.78 Å². The summed E-state index contributed by atoms with van der Waals surface area (Å²) < 4.78 is 39.1. The Balaban J connectivity index is 1.59. The number of benzene rings is 2. The van der Waals surface area contributed by atoms with Crippen LogP contribution in [0.4, 0.5) is 30.5 Å². The zero-order valence-corrected chi connectivity index (χ0v) is 18.3. The number of amides is 1. The summed E-state index contributed by atoms with van der Waals surface area (Å²) in [5.74, 6) is -0.204. The van der Waals surface area contributed by atoms with Crippen molar-refractivity contribution in [2.45, 2.75) is 13.1 Å². The summed E-state index contributed by atoms with van der Waals surface area (Å²) in [4.78, 5) is 27.1. The molecule has 0 saturated heterocycles. The van der Waals surface area contributed by atoms with Gasteiger partial charge in [-0.2, -0.15) is 13.2 Å². The quantitative estimate of drug-likeness (QED) is 0.400. The third-order valence-corrected chi connectivity index (χ3v) is 5.21. The van der Waals surface area contributed by atoms with Crippen LogP contribution in [0.1, 0.15) is 21.5 Å². The molecule has 0 aliphatic carbocycles. The Morgan fingerprint density at radius 2 is 1.82 bits per heavy atom. The first-order valence-electron chi connectivity index (χ1n) is 10.3. The second-order valence-corrected chi connectivity index (χ2v) is 7.57. The molecule has 2 aromatic heterocycles. The van der Waals surface area contributed by atoms with E-state index < -0.39 is 17.6 Å². The summed E-state index contributed by atoms with van der Waals surface area (Å²) in [5.41, 5.74) is 2.63. The Hall–Kier alpha value is -4.27. The largest absolute Gasteiger partial charge is 0.416 e. The van der Waals surface area contributed by atoms with Crippen LogP contribution >= 0.6 is 0 Å². The van der Waals surface area contributed by atoms with Gasteiger partial charge in [0.15, 0.2) is 0 Å². The molecule has 34 heavy (non-hydrogen) atoms. The van der Waals surface area contributed by atoms with Crippen LogP contribution in [0.15, 0.2) is 79.3 Å². The highest BCUT2D eigenvalue weighted by Gasteiger charge is 2.31. The van der Waals surface area contributed by atoms with Gasteiger partial charge in [0.05, 0.1) is 11.3 Å². The predicted octanol–water partition coefficient (Wildman–Crippen LogP) is 5.89. The van der Waals surface area contributed by atoms with Gasteiger partial charge >= 0.3 is 6.18 Å². The Labute approximate surface area is 194 Å². The van der Waals surface area contributed by atoms with E-state index in [9.17, 15) is 18.0 Å². The highest BCUT2D eigenvalue weighted by Crippen LogP contribution is 2.31. The molecule has 6 nitrogen and oxygen atoms in total. The van der Waals surface area contributed by atoms with Crippen molar-refractivity contribution < 1.29 is 18.0 Å². The van der Waals surface area contributed by atoms with Crippen LogP contribution < -0.4 is 10.2 Å². The number of aryl methyl sites for hydroxylation is 1. The summed E-state index contributed by atoms with van der Waals surface area (Å²) in [6, 6.07) is 15.1. The van der Waals surface area contributed by atoms with Crippen LogP contribution in [-0.4, -0.2) is 27.9 Å². The normalized spacial score (nSPS) is 11.2. The molecule has 9 heteroatoms. The van der Waals surface area contributed by atoms with Gasteiger partial charge in [0.2, 0.25) is 5.95 Å². The van der Waals surface area contributed by atoms with E-state index in [0.29, 0.717) is 23.0 Å². The first kappa shape index (κ1) is 22.9. The third-order valence-electron chi connectivity index (χ3n) is 5.21. The van der Waals surface area contributed by atoms with Gasteiger partial charge < -0.3 is 10.2 Å². The van der Waals surface area contributed by atoms with Gasteiger partial charge in [-0.25, -0.2) is 9.97 Å². The molecule has 1 amide bonds. The fourth-order valence-electron chi connectivity index (χ4n) is 3.31. The van der Waals surface area contributed by atoms with Crippen molar-refractivity contribution in [3.63, 3.8) is 0 Å². The number of rotatable bonds is 5. The number of nitrogens with one attached hydrogen (secondary N) is 1. The van der Waals surface area contributed by atoms with E-state index in [4.69, 9.17) is 0 Å². The first-order valence-corrected chi connectivity index (χ1v) is 10.3. The Bertz CT molecular complexity index is 1330. The second kappa shape index (κ2) is 9.30. The summed E-state index contributed by atoms with van der Waals surface area (Å²) in [7, 11) is 1.51. The number of pyridine rings is 1. The predicted molar refractivity (Wildman–Crippen MR) is 124 cm³/mol. The van der Waals surface area contributed by atoms with Crippen LogP contribution in [0.25, 0.3) is 11.3 Å². The van der Waals surface area contributed by atoms with Gasteiger partial charge in [-0.1, -0.05) is 12.1 Å². The maximum absolute atomic E-state index is 13.0. The number of anilines is 3. The monoisotopic (exact) mass is 463 g/mol. The number of alkyl halides is 3. The summed E-state index contributed by atoms with van der Waals surface area (Å²) in [6.45, 7) is 1.88. The SMILES string of the molecule is Cc1ccc(N(C)C(=O)c2cccc(C(F)(F)F)c2)cc1Nc1nccc(-c2cccnc2)n1. The van der Waals surface area contributed by atoms with Crippen LogP contribution in [-0.2, 0) is 6.18 Å². The minimum Gasteiger partial charge on any atom is -0.324 e. The van der Waals surface area contributed by atoms with Crippen molar-refractivity contribution in [1.82, 2.24) is 15.0 Å². The van der Waals surface area contributed by atoms with Crippen molar-refractivity contribution in [1.29, 1.82) is 0 Å². The molecule has 4 rings (SSSR count). The van der Waals surface area contributed by atoms with E-state index in [1.807, 2.05) is 19.1 Å². The molecule has 1 N–H and O–H groups in total. The smallest absolute Gasteiger partial charge is 0.324 e. The molecule has 0 atom stereocenters. The van der Waals surface area contributed by atoms with Crippen molar-refractivity contribution in [2.75, 3.05) is 17.3 Å². The number of nitrogens with zero attached hydrogens (tertiary/aromatic N) is 4. The maximum Gasteiger partial charge on any atom is 0.416 e. The molecule has 2 aromatic carbocycles.